The maximum absolute atomic E-state index is 13.8. The van der Waals surface area contributed by atoms with Crippen molar-refractivity contribution in [1.29, 1.82) is 0 Å². The van der Waals surface area contributed by atoms with Crippen LogP contribution < -0.4 is 5.32 Å². The van der Waals surface area contributed by atoms with E-state index in [0.29, 0.717) is 18.9 Å². The summed E-state index contributed by atoms with van der Waals surface area (Å²) in [6, 6.07) is 17.3. The van der Waals surface area contributed by atoms with Crippen LogP contribution in [0, 0.1) is 11.8 Å². The van der Waals surface area contributed by atoms with Gasteiger partial charge in [-0.25, -0.2) is 24.9 Å². The Bertz CT molecular complexity index is 2100. The van der Waals surface area contributed by atoms with Gasteiger partial charge in [0.15, 0.2) is 0 Å². The van der Waals surface area contributed by atoms with Crippen LogP contribution in [0.2, 0.25) is 0 Å². The largest absolute Gasteiger partial charge is 0.358 e. The summed E-state index contributed by atoms with van der Waals surface area (Å²) in [6.45, 7) is 9.36. The van der Waals surface area contributed by atoms with Gasteiger partial charge in [0.25, 0.3) is 0 Å². The van der Waals surface area contributed by atoms with Crippen LogP contribution in [0.3, 0.4) is 0 Å². The van der Waals surface area contributed by atoms with Gasteiger partial charge in [-0.15, -0.1) is 0 Å². The molecule has 3 N–H and O–H groups in total. The molecule has 2 aromatic carbocycles. The molecule has 0 saturated carbocycles. The molecule has 3 aromatic heterocycles. The summed E-state index contributed by atoms with van der Waals surface area (Å²) in [5, 5.41) is 3.32. The van der Waals surface area contributed by atoms with Crippen LogP contribution >= 0.6 is 0 Å². The monoisotopic (exact) mass is 758 g/mol. The van der Waals surface area contributed by atoms with Gasteiger partial charge < -0.3 is 30.0 Å². The Morgan fingerprint density at radius 3 is 1.79 bits per heavy atom. The summed E-state index contributed by atoms with van der Waals surface area (Å²) in [6.07, 6.45) is 11.5. The van der Waals surface area contributed by atoms with E-state index in [1.807, 2.05) is 49.9 Å². The number of amides is 2. The van der Waals surface area contributed by atoms with Crippen molar-refractivity contribution in [1.82, 2.24) is 39.7 Å². The molecule has 2 aliphatic heterocycles. The molecule has 0 unspecified atom stereocenters. The summed E-state index contributed by atoms with van der Waals surface area (Å²) in [5.74, 6) is 2.27. The molecule has 5 aromatic rings. The lowest BCUT2D eigenvalue weighted by atomic mass is 10.0. The minimum Gasteiger partial charge on any atom is -0.358 e. The van der Waals surface area contributed by atoms with Crippen LogP contribution in [0.1, 0.15) is 77.1 Å². The topological polar surface area (TPSA) is 167 Å². The minimum atomic E-state index is -0.568. The first-order valence-electron chi connectivity index (χ1n) is 19.4. The zero-order valence-corrected chi connectivity index (χ0v) is 32.6. The smallest absolute Gasteiger partial charge is 0.248 e. The molecule has 2 saturated heterocycles. The van der Waals surface area contributed by atoms with Crippen molar-refractivity contribution >= 4 is 24.0 Å². The fraction of sp³-hybridized carbons (Fsp3) is 0.405. The van der Waals surface area contributed by atoms with E-state index in [9.17, 15) is 9.59 Å². The number of imidazole rings is 2. The highest BCUT2D eigenvalue weighted by atomic mass is 17.2. The summed E-state index contributed by atoms with van der Waals surface area (Å²) >= 11 is 0. The SMILES string of the molecule is COOC=N[C@H](C(=O)N1CCC[C@H]1c1ncc(-c2ccc(-c3ccc(-c4cnc([C@@H]5CCCN5C(=O)[C@@H](Nc5ccncn5)C(C)C)[nH]4)cc3)cc2)[nH]1)C(C)C. The minimum absolute atomic E-state index is 0.00403. The molecule has 2 amide bonds. The number of hydrogen-bond acceptors (Lipinski definition) is 10. The Balaban J connectivity index is 0.996. The van der Waals surface area contributed by atoms with Crippen LogP contribution in [0.5, 0.6) is 0 Å². The van der Waals surface area contributed by atoms with Gasteiger partial charge in [0.1, 0.15) is 35.9 Å². The molecule has 292 valence electrons. The van der Waals surface area contributed by atoms with Crippen LogP contribution in [0.25, 0.3) is 33.6 Å². The van der Waals surface area contributed by atoms with E-state index in [4.69, 9.17) is 14.9 Å². The van der Waals surface area contributed by atoms with E-state index in [0.717, 1.165) is 71.0 Å². The van der Waals surface area contributed by atoms with Crippen LogP contribution in [-0.4, -0.2) is 90.2 Å². The zero-order valence-electron chi connectivity index (χ0n) is 32.6. The predicted octanol–water partition coefficient (Wildman–Crippen LogP) is 7.02. The van der Waals surface area contributed by atoms with Gasteiger partial charge in [-0.3, -0.25) is 9.59 Å². The number of likely N-dealkylation sites (tertiary alicyclic amines) is 2. The molecule has 14 nitrogen and oxygen atoms in total. The highest BCUT2D eigenvalue weighted by Gasteiger charge is 2.38. The maximum atomic E-state index is 13.8. The van der Waals surface area contributed by atoms with Crippen molar-refractivity contribution in [3.05, 3.63) is 91.2 Å². The number of aromatic nitrogens is 6. The van der Waals surface area contributed by atoms with Gasteiger partial charge >= 0.3 is 0 Å². The highest BCUT2D eigenvalue weighted by Crippen LogP contribution is 2.35. The molecule has 2 fully saturated rings. The summed E-state index contributed by atoms with van der Waals surface area (Å²) in [5.41, 5.74) is 6.01. The number of aliphatic imine (C=N–C) groups is 1. The number of carbonyl (C=O) groups excluding carboxylic acids is 2. The lowest BCUT2D eigenvalue weighted by molar-refractivity contribution is -0.188. The van der Waals surface area contributed by atoms with E-state index < -0.39 is 12.1 Å². The van der Waals surface area contributed by atoms with Crippen molar-refractivity contribution in [2.75, 3.05) is 25.5 Å². The third-order valence-corrected chi connectivity index (χ3v) is 10.7. The molecule has 0 bridgehead atoms. The predicted molar refractivity (Wildman–Crippen MR) is 214 cm³/mol. The number of nitrogens with zero attached hydrogens (tertiary/aromatic N) is 7. The molecule has 56 heavy (non-hydrogen) atoms. The zero-order chi connectivity index (χ0) is 39.2. The average Bonchev–Trinajstić information content (AvgIpc) is 4.06. The Hall–Kier alpha value is -5.89. The van der Waals surface area contributed by atoms with Gasteiger partial charge in [-0.2, -0.15) is 4.89 Å². The first-order valence-corrected chi connectivity index (χ1v) is 19.4. The third-order valence-electron chi connectivity index (χ3n) is 10.7. The normalized spacial score (nSPS) is 18.3. The molecule has 5 heterocycles. The number of anilines is 1. The maximum Gasteiger partial charge on any atom is 0.248 e. The fourth-order valence-corrected chi connectivity index (χ4v) is 7.67. The highest BCUT2D eigenvalue weighted by molar-refractivity contribution is 5.85. The second kappa shape index (κ2) is 17.3. The van der Waals surface area contributed by atoms with E-state index in [-0.39, 0.29) is 35.7 Å². The molecule has 4 atom stereocenters. The molecule has 7 rings (SSSR count). The number of nitrogens with one attached hydrogen (secondary N) is 3. The van der Waals surface area contributed by atoms with E-state index in [2.05, 4.69) is 83.7 Å². The number of hydrogen-bond donors (Lipinski definition) is 3. The number of carbonyl (C=O) groups is 2. The number of benzene rings is 2. The standard InChI is InChI=1S/C42H50N10O4/c1-26(2)37(47-25-56-55-5)41(53)51-20-6-8-34(51)39-44-22-32(48-39)30-14-10-28(11-15-30)29-12-16-31(17-13-29)33-23-45-40(49-33)35-9-7-21-52(35)42(54)38(27(3)4)50-36-18-19-43-24-46-36/h10-19,22-27,34-35,37-38H,6-9,20-21H2,1-5H3,(H,44,48)(H,45,49)(H,43,46,50)/t34-,35-,37-,38-/m0/s1. The molecule has 0 spiro atoms. The lowest BCUT2D eigenvalue weighted by Gasteiger charge is -2.30. The summed E-state index contributed by atoms with van der Waals surface area (Å²) < 4.78 is 0. The number of rotatable bonds is 14. The molecule has 2 aliphatic rings. The molecular weight excluding hydrogens is 709 g/mol. The van der Waals surface area contributed by atoms with Crippen molar-refractivity contribution in [2.24, 2.45) is 16.8 Å². The Labute approximate surface area is 327 Å². The van der Waals surface area contributed by atoms with Gasteiger partial charge in [-0.05, 0) is 65.8 Å². The Morgan fingerprint density at radius 1 is 0.768 bits per heavy atom. The quantitative estimate of drug-likeness (QED) is 0.0467. The second-order valence-electron chi connectivity index (χ2n) is 15.1. The fourth-order valence-electron chi connectivity index (χ4n) is 7.67. The molecule has 0 aliphatic carbocycles. The molecular formula is C42H50N10O4. The van der Waals surface area contributed by atoms with Crippen LogP contribution in [0.4, 0.5) is 5.82 Å². The van der Waals surface area contributed by atoms with E-state index >= 15 is 0 Å². The van der Waals surface area contributed by atoms with Crippen LogP contribution in [0.15, 0.2) is 84.5 Å². The number of H-pyrrole nitrogens is 2. The van der Waals surface area contributed by atoms with Gasteiger partial charge in [0.05, 0.1) is 43.0 Å². The van der Waals surface area contributed by atoms with Crippen molar-refractivity contribution in [3.8, 4) is 33.6 Å². The van der Waals surface area contributed by atoms with Crippen molar-refractivity contribution < 1.29 is 19.4 Å². The molecule has 0 radical (unpaired) electrons. The molecule has 14 heteroatoms. The van der Waals surface area contributed by atoms with E-state index in [1.165, 1.54) is 19.8 Å². The first-order chi connectivity index (χ1) is 27.2. The third kappa shape index (κ3) is 8.35. The second-order valence-corrected chi connectivity index (χ2v) is 15.1. The summed E-state index contributed by atoms with van der Waals surface area (Å²) in [7, 11) is 1.40. The Morgan fingerprint density at radius 2 is 1.30 bits per heavy atom. The van der Waals surface area contributed by atoms with Crippen molar-refractivity contribution in [3.63, 3.8) is 0 Å². The van der Waals surface area contributed by atoms with Crippen LogP contribution in [-0.2, 0) is 19.4 Å². The van der Waals surface area contributed by atoms with Gasteiger partial charge in [0, 0.05) is 19.3 Å². The van der Waals surface area contributed by atoms with Crippen molar-refractivity contribution in [2.45, 2.75) is 77.5 Å². The number of aromatic amines is 2. The summed E-state index contributed by atoms with van der Waals surface area (Å²) in [4.78, 5) is 69.6. The van der Waals surface area contributed by atoms with E-state index in [1.54, 1.807) is 12.3 Å². The Kier molecular flexibility index (Phi) is 11.8. The van der Waals surface area contributed by atoms with Gasteiger partial charge in [0.2, 0.25) is 18.2 Å². The van der Waals surface area contributed by atoms with Gasteiger partial charge in [-0.1, -0.05) is 76.2 Å². The first kappa shape index (κ1) is 38.4. The average molecular weight is 759 g/mol. The lowest BCUT2D eigenvalue weighted by Crippen LogP contribution is -2.45.